The minimum Gasteiger partial charge on any atom is -0.324 e. The zero-order valence-electron chi connectivity index (χ0n) is 9.07. The van der Waals surface area contributed by atoms with Gasteiger partial charge in [0.1, 0.15) is 0 Å². The maximum Gasteiger partial charge on any atom is 0.241 e. The van der Waals surface area contributed by atoms with Crippen LogP contribution in [0.3, 0.4) is 0 Å². The van der Waals surface area contributed by atoms with Crippen molar-refractivity contribution in [3.05, 3.63) is 28.7 Å². The summed E-state index contributed by atoms with van der Waals surface area (Å²) in [6.45, 7) is 0. The molecule has 0 bridgehead atoms. The Balaban J connectivity index is 2.54. The molecule has 0 aliphatic heterocycles. The smallest absolute Gasteiger partial charge is 0.241 e. The van der Waals surface area contributed by atoms with Gasteiger partial charge in [-0.15, -0.1) is 0 Å². The molecule has 88 valence electrons. The fourth-order valence-electron chi connectivity index (χ4n) is 1.16. The Morgan fingerprint density at radius 2 is 2.25 bits per heavy atom. The Kier molecular flexibility index (Phi) is 5.87. The average Bonchev–Trinajstić information content (AvgIpc) is 2.28. The molecule has 0 radical (unpaired) electrons. The van der Waals surface area contributed by atoms with Crippen LogP contribution < -0.4 is 11.1 Å². The second-order valence-corrected chi connectivity index (χ2v) is 5.20. The molecule has 3 nitrogen and oxygen atoms in total. The summed E-state index contributed by atoms with van der Waals surface area (Å²) >= 11 is 5.05. The van der Waals surface area contributed by atoms with Gasteiger partial charge < -0.3 is 11.1 Å². The van der Waals surface area contributed by atoms with Gasteiger partial charge >= 0.3 is 0 Å². The van der Waals surface area contributed by atoms with Crippen molar-refractivity contribution in [3.63, 3.8) is 0 Å². The van der Waals surface area contributed by atoms with Crippen LogP contribution in [0.2, 0.25) is 0 Å². The molecule has 0 spiro atoms. The number of anilines is 1. The third kappa shape index (κ3) is 4.15. The molecule has 1 aromatic carbocycles. The van der Waals surface area contributed by atoms with Gasteiger partial charge in [0.2, 0.25) is 5.91 Å². The zero-order valence-corrected chi connectivity index (χ0v) is 11.5. The first kappa shape index (κ1) is 13.5. The number of nitrogens with one attached hydrogen (secondary N) is 1. The van der Waals surface area contributed by atoms with E-state index in [0.717, 1.165) is 15.9 Å². The van der Waals surface area contributed by atoms with Crippen LogP contribution in [0.15, 0.2) is 28.7 Å². The lowest BCUT2D eigenvalue weighted by molar-refractivity contribution is -0.117. The number of nitrogens with two attached hydrogens (primary N) is 1. The normalized spacial score (nSPS) is 12.2. The Bertz CT molecular complexity index is 360. The number of thioether (sulfide) groups is 1. The highest BCUT2D eigenvalue weighted by Gasteiger charge is 2.13. The molecule has 1 rings (SSSR count). The first-order valence-electron chi connectivity index (χ1n) is 4.95. The summed E-state index contributed by atoms with van der Waals surface area (Å²) < 4.78 is 0.861. The molecule has 0 heterocycles. The van der Waals surface area contributed by atoms with Gasteiger partial charge in [-0.1, -0.05) is 12.1 Å². The first-order valence-corrected chi connectivity index (χ1v) is 7.13. The quantitative estimate of drug-likeness (QED) is 0.878. The summed E-state index contributed by atoms with van der Waals surface area (Å²) in [5.41, 5.74) is 6.52. The van der Waals surface area contributed by atoms with Crippen molar-refractivity contribution in [3.8, 4) is 0 Å². The van der Waals surface area contributed by atoms with E-state index in [1.54, 1.807) is 11.8 Å². The third-order valence-corrected chi connectivity index (χ3v) is 3.44. The summed E-state index contributed by atoms with van der Waals surface area (Å²) in [7, 11) is 0. The van der Waals surface area contributed by atoms with Crippen LogP contribution in [0.5, 0.6) is 0 Å². The van der Waals surface area contributed by atoms with E-state index in [2.05, 4.69) is 21.2 Å². The summed E-state index contributed by atoms with van der Waals surface area (Å²) in [5, 5.41) is 2.80. The van der Waals surface area contributed by atoms with Crippen molar-refractivity contribution in [1.82, 2.24) is 0 Å². The minimum absolute atomic E-state index is 0.138. The highest BCUT2D eigenvalue weighted by molar-refractivity contribution is 9.10. The number of carbonyl (C=O) groups is 1. The van der Waals surface area contributed by atoms with E-state index < -0.39 is 6.04 Å². The molecule has 3 N–H and O–H groups in total. The van der Waals surface area contributed by atoms with Gasteiger partial charge in [0, 0.05) is 4.47 Å². The lowest BCUT2D eigenvalue weighted by atomic mass is 10.2. The van der Waals surface area contributed by atoms with Crippen LogP contribution in [0.4, 0.5) is 5.69 Å². The largest absolute Gasteiger partial charge is 0.324 e. The van der Waals surface area contributed by atoms with E-state index in [1.807, 2.05) is 30.5 Å². The van der Waals surface area contributed by atoms with Crippen LogP contribution in [-0.4, -0.2) is 24.0 Å². The number of amides is 1. The number of hydrogen-bond acceptors (Lipinski definition) is 3. The van der Waals surface area contributed by atoms with Crippen LogP contribution in [0.25, 0.3) is 0 Å². The molecular formula is C11H15BrN2OS. The summed E-state index contributed by atoms with van der Waals surface area (Å²) in [6, 6.07) is 7.03. The summed E-state index contributed by atoms with van der Waals surface area (Å²) in [4.78, 5) is 11.7. The Hall–Kier alpha value is -0.520. The fraction of sp³-hybridized carbons (Fsp3) is 0.364. The van der Waals surface area contributed by atoms with Crippen molar-refractivity contribution in [1.29, 1.82) is 0 Å². The van der Waals surface area contributed by atoms with Crippen molar-refractivity contribution >= 4 is 39.3 Å². The molecule has 5 heteroatoms. The number of carbonyl (C=O) groups excluding carboxylic acids is 1. The Morgan fingerprint density at radius 1 is 1.56 bits per heavy atom. The predicted molar refractivity (Wildman–Crippen MR) is 73.7 cm³/mol. The standard InChI is InChI=1S/C11H15BrN2OS/c1-16-7-6-9(13)11(15)14-10-5-3-2-4-8(10)12/h2-5,9H,6-7,13H2,1H3,(H,14,15)/t9-/m1/s1. The number of benzene rings is 1. The van der Waals surface area contributed by atoms with Crippen LogP contribution in [-0.2, 0) is 4.79 Å². The lowest BCUT2D eigenvalue weighted by Gasteiger charge is -2.12. The highest BCUT2D eigenvalue weighted by atomic mass is 79.9. The van der Waals surface area contributed by atoms with E-state index in [4.69, 9.17) is 5.73 Å². The predicted octanol–water partition coefficient (Wildman–Crippen LogP) is 2.47. The van der Waals surface area contributed by atoms with E-state index in [0.29, 0.717) is 6.42 Å². The van der Waals surface area contributed by atoms with Gasteiger partial charge in [-0.25, -0.2) is 0 Å². The maximum absolute atomic E-state index is 11.7. The number of halogens is 1. The minimum atomic E-state index is -0.445. The number of hydrogen-bond donors (Lipinski definition) is 2. The molecule has 0 aliphatic carbocycles. The van der Waals surface area contributed by atoms with Gasteiger partial charge in [0.25, 0.3) is 0 Å². The van der Waals surface area contributed by atoms with Crippen LogP contribution >= 0.6 is 27.7 Å². The fourth-order valence-corrected chi connectivity index (χ4v) is 2.04. The topological polar surface area (TPSA) is 55.1 Å². The number of rotatable bonds is 5. The molecule has 16 heavy (non-hydrogen) atoms. The molecule has 0 saturated heterocycles. The van der Waals surface area contributed by atoms with Gasteiger partial charge in [-0.05, 0) is 46.5 Å². The second kappa shape index (κ2) is 6.93. The molecule has 0 fully saturated rings. The zero-order chi connectivity index (χ0) is 12.0. The Morgan fingerprint density at radius 3 is 2.88 bits per heavy atom. The molecule has 0 unspecified atom stereocenters. The molecule has 1 aromatic rings. The molecule has 1 atom stereocenters. The molecule has 1 amide bonds. The van der Waals surface area contributed by atoms with Crippen molar-refractivity contribution in [2.75, 3.05) is 17.3 Å². The van der Waals surface area contributed by atoms with Gasteiger partial charge in [-0.3, -0.25) is 4.79 Å². The second-order valence-electron chi connectivity index (χ2n) is 3.36. The van der Waals surface area contributed by atoms with E-state index in [-0.39, 0.29) is 5.91 Å². The molecule has 0 aliphatic rings. The highest BCUT2D eigenvalue weighted by Crippen LogP contribution is 2.21. The molecular weight excluding hydrogens is 288 g/mol. The number of para-hydroxylation sites is 1. The third-order valence-electron chi connectivity index (χ3n) is 2.10. The monoisotopic (exact) mass is 302 g/mol. The van der Waals surface area contributed by atoms with E-state index in [1.165, 1.54) is 0 Å². The van der Waals surface area contributed by atoms with Crippen LogP contribution in [0.1, 0.15) is 6.42 Å². The SMILES string of the molecule is CSCC[C@@H](N)C(=O)Nc1ccccc1Br. The summed E-state index contributed by atoms with van der Waals surface area (Å²) in [6.07, 6.45) is 2.69. The van der Waals surface area contributed by atoms with E-state index in [9.17, 15) is 4.79 Å². The maximum atomic E-state index is 11.7. The van der Waals surface area contributed by atoms with Gasteiger partial charge in [-0.2, -0.15) is 11.8 Å². The van der Waals surface area contributed by atoms with E-state index >= 15 is 0 Å². The summed E-state index contributed by atoms with van der Waals surface area (Å²) in [5.74, 6) is 0.755. The van der Waals surface area contributed by atoms with Gasteiger partial charge in [0.15, 0.2) is 0 Å². The average molecular weight is 303 g/mol. The van der Waals surface area contributed by atoms with Gasteiger partial charge in [0.05, 0.1) is 11.7 Å². The molecule has 0 aromatic heterocycles. The lowest BCUT2D eigenvalue weighted by Crippen LogP contribution is -2.36. The first-order chi connectivity index (χ1) is 7.65. The van der Waals surface area contributed by atoms with Crippen molar-refractivity contribution in [2.45, 2.75) is 12.5 Å². The van der Waals surface area contributed by atoms with Crippen LogP contribution in [0, 0.1) is 0 Å². The van der Waals surface area contributed by atoms with Crippen molar-refractivity contribution in [2.24, 2.45) is 5.73 Å². The Labute approximate surface area is 108 Å². The molecule has 0 saturated carbocycles. The van der Waals surface area contributed by atoms with Crippen molar-refractivity contribution < 1.29 is 4.79 Å².